The molecule has 0 aliphatic heterocycles. The number of hydrogen-bond acceptors (Lipinski definition) is 1. The zero-order valence-electron chi connectivity index (χ0n) is 8.80. The second-order valence-electron chi connectivity index (χ2n) is 4.16. The van der Waals surface area contributed by atoms with Crippen LogP contribution in [0.25, 0.3) is 0 Å². The maximum absolute atomic E-state index is 12.0. The van der Waals surface area contributed by atoms with Gasteiger partial charge in [0.2, 0.25) is 0 Å². The van der Waals surface area contributed by atoms with Crippen LogP contribution in [0.2, 0.25) is 0 Å². The van der Waals surface area contributed by atoms with Crippen molar-refractivity contribution in [2.45, 2.75) is 20.8 Å². The van der Waals surface area contributed by atoms with E-state index in [-0.39, 0.29) is 5.78 Å². The van der Waals surface area contributed by atoms with Crippen LogP contribution < -0.4 is 0 Å². The van der Waals surface area contributed by atoms with E-state index in [1.54, 1.807) is 0 Å². The Kier molecular flexibility index (Phi) is 3.33. The number of halogens is 1. The number of carbonyl (C=O) groups is 1. The third-order valence-electron chi connectivity index (χ3n) is 2.34. The van der Waals surface area contributed by atoms with Crippen LogP contribution in [0.4, 0.5) is 0 Å². The predicted octanol–water partition coefficient (Wildman–Crippen LogP) is 3.44. The quantitative estimate of drug-likeness (QED) is 0.552. The van der Waals surface area contributed by atoms with Gasteiger partial charge in [-0.15, -0.1) is 11.6 Å². The lowest BCUT2D eigenvalue weighted by molar-refractivity contribution is 0.0861. The Hall–Kier alpha value is -0.820. The first-order valence-corrected chi connectivity index (χ1v) is 5.19. The Morgan fingerprint density at radius 2 is 1.93 bits per heavy atom. The molecule has 0 atom stereocenters. The number of hydrogen-bond donors (Lipinski definition) is 0. The summed E-state index contributed by atoms with van der Waals surface area (Å²) in [5.74, 6) is 0.464. The fourth-order valence-electron chi connectivity index (χ4n) is 1.25. The normalized spacial score (nSPS) is 11.4. The number of alkyl halides is 1. The van der Waals surface area contributed by atoms with E-state index in [2.05, 4.69) is 0 Å². The lowest BCUT2D eigenvalue weighted by Gasteiger charge is -2.20. The third kappa shape index (κ3) is 2.16. The highest BCUT2D eigenvalue weighted by atomic mass is 35.5. The van der Waals surface area contributed by atoms with Gasteiger partial charge in [0.25, 0.3) is 0 Å². The standard InChI is InChI=1S/C12H15ClO/c1-9-6-4-5-7-10(9)11(14)12(2,3)8-13/h4-7H,8H2,1-3H3. The molecule has 0 aliphatic rings. The molecule has 0 unspecified atom stereocenters. The molecule has 0 saturated carbocycles. The molecule has 0 spiro atoms. The summed E-state index contributed by atoms with van der Waals surface area (Å²) in [5.41, 5.74) is 1.31. The number of ketones is 1. The van der Waals surface area contributed by atoms with Crippen molar-refractivity contribution in [3.63, 3.8) is 0 Å². The fraction of sp³-hybridized carbons (Fsp3) is 0.417. The lowest BCUT2D eigenvalue weighted by atomic mass is 9.85. The number of Topliss-reactive ketones (excluding diaryl/α,β-unsaturated/α-hetero) is 1. The van der Waals surface area contributed by atoms with E-state index in [0.717, 1.165) is 11.1 Å². The topological polar surface area (TPSA) is 17.1 Å². The van der Waals surface area contributed by atoms with Crippen LogP contribution in [-0.2, 0) is 0 Å². The molecule has 1 aromatic rings. The van der Waals surface area contributed by atoms with Gasteiger partial charge in [-0.3, -0.25) is 4.79 Å². The van der Waals surface area contributed by atoms with Gasteiger partial charge in [-0.05, 0) is 12.5 Å². The van der Waals surface area contributed by atoms with Crippen molar-refractivity contribution < 1.29 is 4.79 Å². The Labute approximate surface area is 90.1 Å². The zero-order chi connectivity index (χ0) is 10.8. The van der Waals surface area contributed by atoms with E-state index in [0.29, 0.717) is 5.88 Å². The first-order chi connectivity index (χ1) is 6.49. The Morgan fingerprint density at radius 3 is 2.43 bits per heavy atom. The average molecular weight is 211 g/mol. The molecule has 0 saturated heterocycles. The van der Waals surface area contributed by atoms with Crippen molar-refractivity contribution in [3.05, 3.63) is 35.4 Å². The number of carbonyl (C=O) groups excluding carboxylic acids is 1. The third-order valence-corrected chi connectivity index (χ3v) is 3.01. The molecule has 0 bridgehead atoms. The maximum atomic E-state index is 12.0. The average Bonchev–Trinajstić information content (AvgIpc) is 2.17. The molecule has 0 radical (unpaired) electrons. The molecule has 0 fully saturated rings. The molecule has 76 valence electrons. The van der Waals surface area contributed by atoms with Crippen LogP contribution in [0.1, 0.15) is 29.8 Å². The molecular formula is C12H15ClO. The molecule has 0 heterocycles. The summed E-state index contributed by atoms with van der Waals surface area (Å²) in [7, 11) is 0. The summed E-state index contributed by atoms with van der Waals surface area (Å²) in [4.78, 5) is 12.0. The van der Waals surface area contributed by atoms with Crippen LogP contribution in [0, 0.1) is 12.3 Å². The smallest absolute Gasteiger partial charge is 0.169 e. The van der Waals surface area contributed by atoms with Crippen molar-refractivity contribution in [1.82, 2.24) is 0 Å². The summed E-state index contributed by atoms with van der Waals surface area (Å²) >= 11 is 5.77. The Balaban J connectivity index is 3.07. The second kappa shape index (κ2) is 4.14. The van der Waals surface area contributed by atoms with Gasteiger partial charge in [-0.1, -0.05) is 38.1 Å². The Bertz CT molecular complexity index is 342. The predicted molar refractivity (Wildman–Crippen MR) is 60.0 cm³/mol. The van der Waals surface area contributed by atoms with Gasteiger partial charge < -0.3 is 0 Å². The number of aryl methyl sites for hydroxylation is 1. The van der Waals surface area contributed by atoms with Gasteiger partial charge in [0.1, 0.15) is 0 Å². The molecule has 2 heteroatoms. The molecule has 14 heavy (non-hydrogen) atoms. The summed E-state index contributed by atoms with van der Waals surface area (Å²) in [6.07, 6.45) is 0. The van der Waals surface area contributed by atoms with Crippen molar-refractivity contribution >= 4 is 17.4 Å². The summed E-state index contributed by atoms with van der Waals surface area (Å²) < 4.78 is 0. The maximum Gasteiger partial charge on any atom is 0.169 e. The highest BCUT2D eigenvalue weighted by Gasteiger charge is 2.28. The van der Waals surface area contributed by atoms with Crippen LogP contribution in [0.5, 0.6) is 0 Å². The van der Waals surface area contributed by atoms with E-state index < -0.39 is 5.41 Å². The minimum Gasteiger partial charge on any atom is -0.294 e. The van der Waals surface area contributed by atoms with Gasteiger partial charge in [0, 0.05) is 16.9 Å². The van der Waals surface area contributed by atoms with E-state index in [1.165, 1.54) is 0 Å². The Morgan fingerprint density at radius 1 is 1.36 bits per heavy atom. The van der Waals surface area contributed by atoms with Crippen LogP contribution in [0.3, 0.4) is 0 Å². The van der Waals surface area contributed by atoms with Gasteiger partial charge in [-0.25, -0.2) is 0 Å². The van der Waals surface area contributed by atoms with E-state index >= 15 is 0 Å². The van der Waals surface area contributed by atoms with Crippen molar-refractivity contribution in [2.75, 3.05) is 5.88 Å². The first kappa shape index (κ1) is 11.3. The van der Waals surface area contributed by atoms with Crippen LogP contribution in [-0.4, -0.2) is 11.7 Å². The molecule has 0 N–H and O–H groups in total. The summed E-state index contributed by atoms with van der Waals surface area (Å²) in [6.45, 7) is 5.68. The van der Waals surface area contributed by atoms with Crippen molar-refractivity contribution in [1.29, 1.82) is 0 Å². The summed E-state index contributed by atoms with van der Waals surface area (Å²) in [5, 5.41) is 0. The monoisotopic (exact) mass is 210 g/mol. The summed E-state index contributed by atoms with van der Waals surface area (Å²) in [6, 6.07) is 7.61. The van der Waals surface area contributed by atoms with E-state index in [4.69, 9.17) is 11.6 Å². The molecule has 1 nitrogen and oxygen atoms in total. The number of rotatable bonds is 3. The van der Waals surface area contributed by atoms with Crippen molar-refractivity contribution in [2.24, 2.45) is 5.41 Å². The van der Waals surface area contributed by atoms with Gasteiger partial charge in [0.05, 0.1) is 0 Å². The molecular weight excluding hydrogens is 196 g/mol. The van der Waals surface area contributed by atoms with Gasteiger partial charge >= 0.3 is 0 Å². The van der Waals surface area contributed by atoms with Crippen LogP contribution >= 0.6 is 11.6 Å². The second-order valence-corrected chi connectivity index (χ2v) is 4.43. The van der Waals surface area contributed by atoms with Gasteiger partial charge in [0.15, 0.2) is 5.78 Å². The largest absolute Gasteiger partial charge is 0.294 e. The molecule has 1 rings (SSSR count). The lowest BCUT2D eigenvalue weighted by Crippen LogP contribution is -2.26. The van der Waals surface area contributed by atoms with E-state index in [9.17, 15) is 4.79 Å². The molecule has 1 aromatic carbocycles. The fourth-order valence-corrected chi connectivity index (χ4v) is 1.37. The van der Waals surface area contributed by atoms with E-state index in [1.807, 2.05) is 45.0 Å². The van der Waals surface area contributed by atoms with Gasteiger partial charge in [-0.2, -0.15) is 0 Å². The molecule has 0 amide bonds. The zero-order valence-corrected chi connectivity index (χ0v) is 9.56. The highest BCUT2D eigenvalue weighted by molar-refractivity contribution is 6.21. The molecule has 0 aromatic heterocycles. The highest BCUT2D eigenvalue weighted by Crippen LogP contribution is 2.24. The molecule has 0 aliphatic carbocycles. The minimum atomic E-state index is -0.479. The van der Waals surface area contributed by atoms with Crippen LogP contribution in [0.15, 0.2) is 24.3 Å². The first-order valence-electron chi connectivity index (χ1n) is 4.65. The SMILES string of the molecule is Cc1ccccc1C(=O)C(C)(C)CCl. The van der Waals surface area contributed by atoms with Crippen molar-refractivity contribution in [3.8, 4) is 0 Å². The number of benzene rings is 1. The minimum absolute atomic E-state index is 0.116.